The molecule has 110 valence electrons. The third kappa shape index (κ3) is 3.44. The summed E-state index contributed by atoms with van der Waals surface area (Å²) in [6, 6.07) is 8.13. The summed E-state index contributed by atoms with van der Waals surface area (Å²) in [5.74, 6) is -1.07. The van der Waals surface area contributed by atoms with Gasteiger partial charge in [0.2, 0.25) is 0 Å². The van der Waals surface area contributed by atoms with Crippen LogP contribution in [-0.2, 0) is 6.18 Å². The zero-order valence-corrected chi connectivity index (χ0v) is 10.5. The van der Waals surface area contributed by atoms with Gasteiger partial charge in [-0.05, 0) is 30.3 Å². The highest BCUT2D eigenvalue weighted by atomic mass is 19.4. The Labute approximate surface area is 117 Å². The average Bonchev–Trinajstić information content (AvgIpc) is 2.37. The van der Waals surface area contributed by atoms with E-state index in [2.05, 4.69) is 0 Å². The van der Waals surface area contributed by atoms with Crippen molar-refractivity contribution in [3.05, 3.63) is 53.6 Å². The zero-order valence-electron chi connectivity index (χ0n) is 10.5. The summed E-state index contributed by atoms with van der Waals surface area (Å²) in [5, 5.41) is 8.83. The third-order valence-electron chi connectivity index (χ3n) is 2.65. The van der Waals surface area contributed by atoms with Gasteiger partial charge in [0.15, 0.2) is 0 Å². The molecule has 0 aliphatic heterocycles. The Bertz CT molecular complexity index is 683. The van der Waals surface area contributed by atoms with E-state index in [1.165, 1.54) is 30.3 Å². The molecule has 7 heteroatoms. The second-order valence-electron chi connectivity index (χ2n) is 4.18. The fraction of sp³-hybridized carbons (Fsp3) is 0.0714. The monoisotopic (exact) mass is 297 g/mol. The number of hydrogen-bond donors (Lipinski definition) is 2. The molecule has 0 heterocycles. The van der Waals surface area contributed by atoms with Crippen molar-refractivity contribution in [3.63, 3.8) is 0 Å². The van der Waals surface area contributed by atoms with Crippen molar-refractivity contribution in [3.8, 4) is 11.5 Å². The fourth-order valence-electron chi connectivity index (χ4n) is 1.67. The molecule has 3 N–H and O–H groups in total. The predicted molar refractivity (Wildman–Crippen MR) is 69.3 cm³/mol. The Balaban J connectivity index is 2.27. The van der Waals surface area contributed by atoms with Gasteiger partial charge in [0, 0.05) is 11.8 Å². The fourth-order valence-corrected chi connectivity index (χ4v) is 1.67. The summed E-state index contributed by atoms with van der Waals surface area (Å²) >= 11 is 0. The van der Waals surface area contributed by atoms with E-state index in [1.807, 2.05) is 0 Å². The van der Waals surface area contributed by atoms with E-state index in [-0.39, 0.29) is 22.7 Å². The molecule has 0 aliphatic rings. The third-order valence-corrected chi connectivity index (χ3v) is 2.65. The van der Waals surface area contributed by atoms with E-state index in [9.17, 15) is 18.0 Å². The lowest BCUT2D eigenvalue weighted by Crippen LogP contribution is -2.04. The molecule has 2 aromatic carbocycles. The van der Waals surface area contributed by atoms with E-state index in [1.54, 1.807) is 0 Å². The van der Waals surface area contributed by atoms with Crippen LogP contribution in [0.25, 0.3) is 0 Å². The molecule has 0 saturated heterocycles. The Morgan fingerprint density at radius 1 is 1.10 bits per heavy atom. The van der Waals surface area contributed by atoms with Crippen molar-refractivity contribution in [1.29, 1.82) is 0 Å². The number of benzene rings is 2. The number of hydrogen-bond acceptors (Lipinski definition) is 3. The van der Waals surface area contributed by atoms with E-state index < -0.39 is 17.7 Å². The van der Waals surface area contributed by atoms with Crippen LogP contribution in [0.2, 0.25) is 0 Å². The molecule has 0 spiro atoms. The number of nitrogens with two attached hydrogens (primary N) is 1. The van der Waals surface area contributed by atoms with Gasteiger partial charge in [-0.2, -0.15) is 13.2 Å². The topological polar surface area (TPSA) is 72.5 Å². The van der Waals surface area contributed by atoms with Crippen LogP contribution in [0.4, 0.5) is 18.9 Å². The number of carboxylic acids is 1. The van der Waals surface area contributed by atoms with Gasteiger partial charge < -0.3 is 15.6 Å². The van der Waals surface area contributed by atoms with Gasteiger partial charge in [0.1, 0.15) is 11.5 Å². The van der Waals surface area contributed by atoms with Crippen LogP contribution >= 0.6 is 0 Å². The smallest absolute Gasteiger partial charge is 0.416 e. The van der Waals surface area contributed by atoms with Gasteiger partial charge in [-0.3, -0.25) is 0 Å². The number of alkyl halides is 3. The summed E-state index contributed by atoms with van der Waals surface area (Å²) < 4.78 is 43.0. The summed E-state index contributed by atoms with van der Waals surface area (Å²) in [6.45, 7) is 0. The normalized spacial score (nSPS) is 11.2. The molecule has 2 aromatic rings. The minimum absolute atomic E-state index is 0.0210. The zero-order chi connectivity index (χ0) is 15.6. The molecule has 0 aromatic heterocycles. The first kappa shape index (κ1) is 14.7. The van der Waals surface area contributed by atoms with Crippen LogP contribution in [0.5, 0.6) is 11.5 Å². The summed E-state index contributed by atoms with van der Waals surface area (Å²) in [6.07, 6.45) is -4.47. The van der Waals surface area contributed by atoms with Gasteiger partial charge in [0.25, 0.3) is 0 Å². The van der Waals surface area contributed by atoms with Crippen LogP contribution < -0.4 is 10.5 Å². The van der Waals surface area contributed by atoms with E-state index in [0.717, 1.165) is 12.1 Å². The molecule has 4 nitrogen and oxygen atoms in total. The van der Waals surface area contributed by atoms with E-state index in [0.29, 0.717) is 0 Å². The van der Waals surface area contributed by atoms with Crippen molar-refractivity contribution < 1.29 is 27.8 Å². The van der Waals surface area contributed by atoms with Crippen LogP contribution in [0, 0.1) is 0 Å². The molecule has 2 rings (SSSR count). The van der Waals surface area contributed by atoms with Crippen molar-refractivity contribution in [2.45, 2.75) is 6.18 Å². The first-order valence-electron chi connectivity index (χ1n) is 5.75. The molecular formula is C14H10F3NO3. The Morgan fingerprint density at radius 3 is 2.33 bits per heavy atom. The number of halogens is 3. The van der Waals surface area contributed by atoms with Crippen LogP contribution in [0.1, 0.15) is 15.9 Å². The van der Waals surface area contributed by atoms with Crippen LogP contribution in [-0.4, -0.2) is 11.1 Å². The van der Waals surface area contributed by atoms with Crippen LogP contribution in [0.3, 0.4) is 0 Å². The standard InChI is InChI=1S/C14H10F3NO3/c15-14(16,17)8-2-1-3-9(6-8)21-10-4-5-11(13(19)20)12(18)7-10/h1-7H,18H2,(H,19,20). The number of rotatable bonds is 3. The minimum atomic E-state index is -4.47. The predicted octanol–water partition coefficient (Wildman–Crippen LogP) is 3.78. The number of nitrogen functional groups attached to an aromatic ring is 1. The van der Waals surface area contributed by atoms with E-state index in [4.69, 9.17) is 15.6 Å². The highest BCUT2D eigenvalue weighted by Gasteiger charge is 2.30. The number of carbonyl (C=O) groups is 1. The number of aromatic carboxylic acids is 1. The maximum Gasteiger partial charge on any atom is 0.416 e. The average molecular weight is 297 g/mol. The van der Waals surface area contributed by atoms with Crippen molar-refractivity contribution in [2.75, 3.05) is 5.73 Å². The molecule has 0 radical (unpaired) electrons. The minimum Gasteiger partial charge on any atom is -0.478 e. The number of carboxylic acid groups (broad SMARTS) is 1. The first-order valence-corrected chi connectivity index (χ1v) is 5.75. The lowest BCUT2D eigenvalue weighted by atomic mass is 10.1. The van der Waals surface area contributed by atoms with Crippen molar-refractivity contribution in [1.82, 2.24) is 0 Å². The summed E-state index contributed by atoms with van der Waals surface area (Å²) in [5.41, 5.74) is 4.56. The molecule has 0 bridgehead atoms. The molecule has 0 saturated carbocycles. The lowest BCUT2D eigenvalue weighted by molar-refractivity contribution is -0.137. The second-order valence-corrected chi connectivity index (χ2v) is 4.18. The molecule has 0 atom stereocenters. The Morgan fingerprint density at radius 2 is 1.76 bits per heavy atom. The van der Waals surface area contributed by atoms with Gasteiger partial charge >= 0.3 is 12.1 Å². The van der Waals surface area contributed by atoms with Gasteiger partial charge in [-0.1, -0.05) is 6.07 Å². The molecule has 0 fully saturated rings. The molecular weight excluding hydrogens is 287 g/mol. The van der Waals surface area contributed by atoms with Gasteiger partial charge in [-0.25, -0.2) is 4.79 Å². The van der Waals surface area contributed by atoms with Crippen molar-refractivity contribution >= 4 is 11.7 Å². The second kappa shape index (κ2) is 5.35. The van der Waals surface area contributed by atoms with Crippen LogP contribution in [0.15, 0.2) is 42.5 Å². The maximum absolute atomic E-state index is 12.6. The molecule has 0 amide bonds. The lowest BCUT2D eigenvalue weighted by Gasteiger charge is -2.11. The SMILES string of the molecule is Nc1cc(Oc2cccc(C(F)(F)F)c2)ccc1C(=O)O. The number of ether oxygens (including phenoxy) is 1. The number of anilines is 1. The van der Waals surface area contributed by atoms with Gasteiger partial charge in [-0.15, -0.1) is 0 Å². The maximum atomic E-state index is 12.6. The largest absolute Gasteiger partial charge is 0.478 e. The van der Waals surface area contributed by atoms with Gasteiger partial charge in [0.05, 0.1) is 11.1 Å². The molecule has 0 aliphatic carbocycles. The molecule has 21 heavy (non-hydrogen) atoms. The quantitative estimate of drug-likeness (QED) is 0.846. The first-order chi connectivity index (χ1) is 9.77. The van der Waals surface area contributed by atoms with E-state index >= 15 is 0 Å². The highest BCUT2D eigenvalue weighted by Crippen LogP contribution is 2.33. The van der Waals surface area contributed by atoms with Crippen molar-refractivity contribution in [2.24, 2.45) is 0 Å². The summed E-state index contributed by atoms with van der Waals surface area (Å²) in [4.78, 5) is 10.8. The highest BCUT2D eigenvalue weighted by molar-refractivity contribution is 5.93. The molecule has 0 unspecified atom stereocenters. The summed E-state index contributed by atoms with van der Waals surface area (Å²) in [7, 11) is 0. The Hall–Kier alpha value is -2.70. The Kier molecular flexibility index (Phi) is 3.75.